The number of aromatic hydroxyl groups is 1. The van der Waals surface area contributed by atoms with E-state index in [9.17, 15) is 9.90 Å². The van der Waals surface area contributed by atoms with E-state index in [-0.39, 0.29) is 36.8 Å². The van der Waals surface area contributed by atoms with Crippen LogP contribution in [-0.2, 0) is 11.3 Å². The van der Waals surface area contributed by atoms with E-state index in [1.807, 2.05) is 17.0 Å². The Morgan fingerprint density at radius 1 is 1.22 bits per heavy atom. The first-order chi connectivity index (χ1) is 10.2. The zero-order valence-corrected chi connectivity index (χ0v) is 14.7. The molecule has 0 aromatic heterocycles. The van der Waals surface area contributed by atoms with Crippen molar-refractivity contribution < 1.29 is 9.90 Å². The van der Waals surface area contributed by atoms with Gasteiger partial charge in [0.1, 0.15) is 5.75 Å². The average Bonchev–Trinajstić information content (AvgIpc) is 3.01. The maximum atomic E-state index is 12.3. The van der Waals surface area contributed by atoms with E-state index in [2.05, 4.69) is 10.2 Å². The smallest absolute Gasteiger partial charge is 0.239 e. The van der Waals surface area contributed by atoms with Crippen molar-refractivity contribution in [3.63, 3.8) is 0 Å². The number of nitrogens with one attached hydrogen (secondary N) is 1. The summed E-state index contributed by atoms with van der Waals surface area (Å²) in [4.78, 5) is 16.6. The van der Waals surface area contributed by atoms with Crippen molar-refractivity contribution in [1.82, 2.24) is 15.1 Å². The van der Waals surface area contributed by atoms with Crippen LogP contribution in [0.1, 0.15) is 18.4 Å². The molecule has 2 saturated heterocycles. The van der Waals surface area contributed by atoms with Crippen LogP contribution in [0, 0.1) is 0 Å². The normalized spacial score (nSPS) is 21.4. The van der Waals surface area contributed by atoms with Gasteiger partial charge in [-0.05, 0) is 37.1 Å². The molecule has 3 rings (SSSR count). The maximum Gasteiger partial charge on any atom is 0.239 e. The Morgan fingerprint density at radius 3 is 2.57 bits per heavy atom. The topological polar surface area (TPSA) is 55.8 Å². The van der Waals surface area contributed by atoms with Gasteiger partial charge in [0, 0.05) is 32.7 Å². The molecule has 7 heteroatoms. The first kappa shape index (κ1) is 20.0. The van der Waals surface area contributed by atoms with Crippen molar-refractivity contribution in [3.05, 3.63) is 29.8 Å². The molecule has 2 aliphatic heterocycles. The van der Waals surface area contributed by atoms with Gasteiger partial charge in [-0.25, -0.2) is 0 Å². The van der Waals surface area contributed by atoms with Gasteiger partial charge in [0.05, 0.1) is 6.04 Å². The van der Waals surface area contributed by atoms with Crippen LogP contribution in [0.2, 0.25) is 0 Å². The first-order valence-corrected chi connectivity index (χ1v) is 7.75. The summed E-state index contributed by atoms with van der Waals surface area (Å²) in [7, 11) is 0. The third kappa shape index (κ3) is 5.24. The van der Waals surface area contributed by atoms with E-state index in [4.69, 9.17) is 0 Å². The van der Waals surface area contributed by atoms with Crippen molar-refractivity contribution in [1.29, 1.82) is 0 Å². The Morgan fingerprint density at radius 2 is 1.96 bits per heavy atom. The van der Waals surface area contributed by atoms with Gasteiger partial charge in [-0.3, -0.25) is 9.69 Å². The van der Waals surface area contributed by atoms with Crippen LogP contribution in [-0.4, -0.2) is 59.6 Å². The predicted octanol–water partition coefficient (Wildman–Crippen LogP) is 1.63. The Kier molecular flexibility index (Phi) is 8.12. The number of amides is 1. The second-order valence-electron chi connectivity index (χ2n) is 5.92. The van der Waals surface area contributed by atoms with Gasteiger partial charge in [0.25, 0.3) is 0 Å². The summed E-state index contributed by atoms with van der Waals surface area (Å²) in [5, 5.41) is 12.8. The monoisotopic (exact) mass is 361 g/mol. The maximum absolute atomic E-state index is 12.3. The molecule has 5 nitrogen and oxygen atoms in total. The number of hydrogen-bond acceptors (Lipinski definition) is 4. The van der Waals surface area contributed by atoms with Crippen molar-refractivity contribution in [2.24, 2.45) is 0 Å². The molecular weight excluding hydrogens is 337 g/mol. The Balaban J connectivity index is 0.00000132. The molecule has 2 fully saturated rings. The summed E-state index contributed by atoms with van der Waals surface area (Å²) < 4.78 is 0. The lowest BCUT2D eigenvalue weighted by atomic mass is 10.1. The fourth-order valence-electron chi connectivity index (χ4n) is 3.16. The van der Waals surface area contributed by atoms with Gasteiger partial charge in [0.15, 0.2) is 0 Å². The molecule has 1 unspecified atom stereocenters. The average molecular weight is 362 g/mol. The Labute approximate surface area is 149 Å². The second kappa shape index (κ2) is 9.33. The molecular formula is C16H25Cl2N3O2. The van der Waals surface area contributed by atoms with Crippen molar-refractivity contribution in [3.8, 4) is 5.75 Å². The van der Waals surface area contributed by atoms with E-state index in [0.717, 1.165) is 57.7 Å². The lowest BCUT2D eigenvalue weighted by molar-refractivity contribution is -0.134. The minimum Gasteiger partial charge on any atom is -0.508 e. The quantitative estimate of drug-likeness (QED) is 0.858. The van der Waals surface area contributed by atoms with Crippen LogP contribution in [0.25, 0.3) is 0 Å². The largest absolute Gasteiger partial charge is 0.508 e. The molecule has 0 aliphatic carbocycles. The number of rotatable bonds is 3. The van der Waals surface area contributed by atoms with Gasteiger partial charge in [-0.1, -0.05) is 12.1 Å². The third-order valence-electron chi connectivity index (χ3n) is 4.36. The number of carbonyl (C=O) groups is 1. The molecule has 2 N–H and O–H groups in total. The summed E-state index contributed by atoms with van der Waals surface area (Å²) in [6.07, 6.45) is 2.08. The fraction of sp³-hybridized carbons (Fsp3) is 0.562. The molecule has 0 spiro atoms. The number of halogens is 2. The molecule has 1 amide bonds. The third-order valence-corrected chi connectivity index (χ3v) is 4.36. The standard InChI is InChI=1S/C16H23N3O2.2ClH/c20-14-4-1-3-13(11-14)12-18-7-9-19(10-8-18)16(21)15-5-2-6-17-15;;/h1,3-4,11,15,17,20H,2,5-10,12H2;2*1H. The van der Waals surface area contributed by atoms with Crippen LogP contribution in [0.3, 0.4) is 0 Å². The molecule has 1 atom stereocenters. The summed E-state index contributed by atoms with van der Waals surface area (Å²) in [6.45, 7) is 5.19. The molecule has 130 valence electrons. The van der Waals surface area contributed by atoms with Gasteiger partial charge in [-0.15, -0.1) is 24.8 Å². The number of piperazine rings is 1. The van der Waals surface area contributed by atoms with Crippen LogP contribution in [0.5, 0.6) is 5.75 Å². The van der Waals surface area contributed by atoms with Gasteiger partial charge >= 0.3 is 0 Å². The van der Waals surface area contributed by atoms with Crippen LogP contribution in [0.4, 0.5) is 0 Å². The first-order valence-electron chi connectivity index (χ1n) is 7.75. The lowest BCUT2D eigenvalue weighted by Gasteiger charge is -2.36. The molecule has 2 heterocycles. The summed E-state index contributed by atoms with van der Waals surface area (Å²) in [5.74, 6) is 0.582. The predicted molar refractivity (Wildman–Crippen MR) is 95.5 cm³/mol. The minimum atomic E-state index is 0. The molecule has 0 saturated carbocycles. The molecule has 0 radical (unpaired) electrons. The summed E-state index contributed by atoms with van der Waals surface area (Å²) >= 11 is 0. The molecule has 1 aromatic rings. The van der Waals surface area contributed by atoms with E-state index < -0.39 is 0 Å². The van der Waals surface area contributed by atoms with Gasteiger partial charge < -0.3 is 15.3 Å². The number of carbonyl (C=O) groups excluding carboxylic acids is 1. The van der Waals surface area contributed by atoms with Crippen LogP contribution >= 0.6 is 24.8 Å². The molecule has 23 heavy (non-hydrogen) atoms. The number of phenolic OH excluding ortho intramolecular Hbond substituents is 1. The zero-order valence-electron chi connectivity index (χ0n) is 13.1. The SMILES string of the molecule is Cl.Cl.O=C(C1CCCN1)N1CCN(Cc2cccc(O)c2)CC1. The minimum absolute atomic E-state index is 0. The van der Waals surface area contributed by atoms with Crippen LogP contribution in [0.15, 0.2) is 24.3 Å². The van der Waals surface area contributed by atoms with Crippen molar-refractivity contribution >= 4 is 30.7 Å². The fourth-order valence-corrected chi connectivity index (χ4v) is 3.16. The number of hydrogen-bond donors (Lipinski definition) is 2. The van der Waals surface area contributed by atoms with E-state index >= 15 is 0 Å². The van der Waals surface area contributed by atoms with Crippen molar-refractivity contribution in [2.75, 3.05) is 32.7 Å². The van der Waals surface area contributed by atoms with Crippen molar-refractivity contribution in [2.45, 2.75) is 25.4 Å². The Hall–Kier alpha value is -1.01. The summed E-state index contributed by atoms with van der Waals surface area (Å²) in [5.41, 5.74) is 1.12. The molecule has 0 bridgehead atoms. The highest BCUT2D eigenvalue weighted by Crippen LogP contribution is 2.15. The number of phenols is 1. The molecule has 2 aliphatic rings. The highest BCUT2D eigenvalue weighted by Gasteiger charge is 2.29. The van der Waals surface area contributed by atoms with E-state index in [1.54, 1.807) is 12.1 Å². The Bertz CT molecular complexity index is 502. The number of nitrogens with zero attached hydrogens (tertiary/aromatic N) is 2. The highest BCUT2D eigenvalue weighted by atomic mass is 35.5. The van der Waals surface area contributed by atoms with Gasteiger partial charge in [0.2, 0.25) is 5.91 Å². The lowest BCUT2D eigenvalue weighted by Crippen LogP contribution is -2.52. The van der Waals surface area contributed by atoms with E-state index in [0.29, 0.717) is 5.75 Å². The second-order valence-corrected chi connectivity index (χ2v) is 5.92. The highest BCUT2D eigenvalue weighted by molar-refractivity contribution is 5.85. The molecule has 1 aromatic carbocycles. The number of benzene rings is 1. The van der Waals surface area contributed by atoms with Gasteiger partial charge in [-0.2, -0.15) is 0 Å². The van der Waals surface area contributed by atoms with E-state index in [1.165, 1.54) is 0 Å². The zero-order chi connectivity index (χ0) is 14.7. The summed E-state index contributed by atoms with van der Waals surface area (Å²) in [6, 6.07) is 7.44. The van der Waals surface area contributed by atoms with Crippen LogP contribution < -0.4 is 5.32 Å².